The van der Waals surface area contributed by atoms with E-state index in [0.717, 1.165) is 5.69 Å². The van der Waals surface area contributed by atoms with Crippen molar-refractivity contribution in [3.05, 3.63) is 17.5 Å². The van der Waals surface area contributed by atoms with Crippen molar-refractivity contribution in [3.63, 3.8) is 0 Å². The summed E-state index contributed by atoms with van der Waals surface area (Å²) in [6.07, 6.45) is 1.84. The second-order valence-corrected chi connectivity index (χ2v) is 4.63. The van der Waals surface area contributed by atoms with Crippen LogP contribution < -0.4 is 5.32 Å². The number of carbonyl (C=O) groups excluding carboxylic acids is 2. The van der Waals surface area contributed by atoms with Gasteiger partial charge in [0.05, 0.1) is 6.54 Å². The molecule has 2 amide bonds. The molecule has 1 rings (SSSR count). The highest BCUT2D eigenvalue weighted by molar-refractivity contribution is 7.98. The third-order valence-corrected chi connectivity index (χ3v) is 2.70. The van der Waals surface area contributed by atoms with Crippen LogP contribution in [0.15, 0.2) is 11.2 Å². The number of aromatic nitrogens is 2. The molecule has 7 heteroatoms. The molecule has 0 aliphatic rings. The van der Waals surface area contributed by atoms with Gasteiger partial charge in [0, 0.05) is 19.8 Å². The minimum atomic E-state index is -0.369. The van der Waals surface area contributed by atoms with Gasteiger partial charge in [0.1, 0.15) is 5.69 Å². The summed E-state index contributed by atoms with van der Waals surface area (Å²) >= 11 is 1.37. The van der Waals surface area contributed by atoms with E-state index in [1.165, 1.54) is 16.7 Å². The topological polar surface area (TPSA) is 75.2 Å². The van der Waals surface area contributed by atoms with Gasteiger partial charge in [-0.05, 0) is 19.2 Å². The summed E-state index contributed by atoms with van der Waals surface area (Å²) in [5.74, 6) is -0.537. The van der Waals surface area contributed by atoms with Gasteiger partial charge in [-0.2, -0.15) is 0 Å². The van der Waals surface area contributed by atoms with Crippen molar-refractivity contribution in [2.24, 2.45) is 0 Å². The van der Waals surface area contributed by atoms with E-state index < -0.39 is 0 Å². The number of hydrogen-bond donors (Lipinski definition) is 1. The van der Waals surface area contributed by atoms with Crippen LogP contribution in [0.5, 0.6) is 0 Å². The number of nitrogens with zero attached hydrogens (tertiary/aromatic N) is 3. The first-order valence-corrected chi connectivity index (χ1v) is 6.54. The van der Waals surface area contributed by atoms with Crippen LogP contribution in [0.4, 0.5) is 0 Å². The van der Waals surface area contributed by atoms with Crippen molar-refractivity contribution in [2.45, 2.75) is 12.1 Å². The fourth-order valence-corrected chi connectivity index (χ4v) is 1.58. The second kappa shape index (κ2) is 6.34. The summed E-state index contributed by atoms with van der Waals surface area (Å²) in [5, 5.41) is 3.07. The highest BCUT2D eigenvalue weighted by atomic mass is 32.2. The van der Waals surface area contributed by atoms with E-state index in [1.54, 1.807) is 27.1 Å². The van der Waals surface area contributed by atoms with E-state index >= 15 is 0 Å². The Morgan fingerprint density at radius 2 is 2.06 bits per heavy atom. The Labute approximate surface area is 110 Å². The standard InChI is InChI=1S/C11H16N4O2S/c1-7-5-8(14-11(13-7)18-4)10(17)12-6-9(16)15(2)3/h5H,6H2,1-4H3,(H,12,17). The summed E-state index contributed by atoms with van der Waals surface area (Å²) < 4.78 is 0. The molecule has 18 heavy (non-hydrogen) atoms. The second-order valence-electron chi connectivity index (χ2n) is 3.85. The number of likely N-dealkylation sites (N-methyl/N-ethyl adjacent to an activating group) is 1. The molecule has 0 spiro atoms. The monoisotopic (exact) mass is 268 g/mol. The van der Waals surface area contributed by atoms with Crippen LogP contribution in [0.3, 0.4) is 0 Å². The third kappa shape index (κ3) is 3.99. The van der Waals surface area contributed by atoms with E-state index in [4.69, 9.17) is 0 Å². The Balaban J connectivity index is 2.72. The fourth-order valence-electron chi connectivity index (χ4n) is 1.15. The lowest BCUT2D eigenvalue weighted by Crippen LogP contribution is -2.36. The first-order chi connectivity index (χ1) is 8.43. The number of thioether (sulfide) groups is 1. The molecule has 0 unspecified atom stereocenters. The molecule has 1 aromatic heterocycles. The summed E-state index contributed by atoms with van der Waals surface area (Å²) in [7, 11) is 3.27. The predicted octanol–water partition coefficient (Wildman–Crippen LogP) is 0.325. The lowest BCUT2D eigenvalue weighted by molar-refractivity contribution is -0.127. The van der Waals surface area contributed by atoms with Crippen LogP contribution in [-0.4, -0.2) is 53.6 Å². The van der Waals surface area contributed by atoms with Crippen LogP contribution >= 0.6 is 11.8 Å². The van der Waals surface area contributed by atoms with E-state index in [9.17, 15) is 9.59 Å². The van der Waals surface area contributed by atoms with Crippen LogP contribution in [0.1, 0.15) is 16.2 Å². The van der Waals surface area contributed by atoms with Crippen LogP contribution in [0.2, 0.25) is 0 Å². The summed E-state index contributed by atoms with van der Waals surface area (Å²) in [4.78, 5) is 32.8. The van der Waals surface area contributed by atoms with Gasteiger partial charge in [-0.15, -0.1) is 0 Å². The smallest absolute Gasteiger partial charge is 0.270 e. The molecule has 0 radical (unpaired) electrons. The highest BCUT2D eigenvalue weighted by Crippen LogP contribution is 2.10. The molecule has 1 aromatic rings. The SMILES string of the molecule is CSc1nc(C)cc(C(=O)NCC(=O)N(C)C)n1. The zero-order chi connectivity index (χ0) is 13.7. The van der Waals surface area contributed by atoms with Crippen LogP contribution in [0.25, 0.3) is 0 Å². The molecule has 0 saturated heterocycles. The zero-order valence-electron chi connectivity index (χ0n) is 10.9. The average Bonchev–Trinajstić information content (AvgIpc) is 2.34. The number of rotatable bonds is 4. The van der Waals surface area contributed by atoms with Gasteiger partial charge in [-0.3, -0.25) is 9.59 Å². The van der Waals surface area contributed by atoms with Crippen molar-refractivity contribution in [1.82, 2.24) is 20.2 Å². The Hall–Kier alpha value is -1.63. The Bertz CT molecular complexity index is 462. The Morgan fingerprint density at radius 1 is 1.39 bits per heavy atom. The van der Waals surface area contributed by atoms with E-state index in [1.807, 2.05) is 6.26 Å². The molecular weight excluding hydrogens is 252 g/mol. The summed E-state index contributed by atoms with van der Waals surface area (Å²) in [6.45, 7) is 1.76. The molecular formula is C11H16N4O2S. The normalized spacial score (nSPS) is 10.0. The minimum Gasteiger partial charge on any atom is -0.347 e. The fraction of sp³-hybridized carbons (Fsp3) is 0.455. The van der Waals surface area contributed by atoms with Crippen molar-refractivity contribution >= 4 is 23.6 Å². The van der Waals surface area contributed by atoms with Gasteiger partial charge in [0.2, 0.25) is 5.91 Å². The molecule has 0 aliphatic carbocycles. The predicted molar refractivity (Wildman–Crippen MR) is 69.6 cm³/mol. The lowest BCUT2D eigenvalue weighted by atomic mass is 10.3. The Morgan fingerprint density at radius 3 is 2.61 bits per heavy atom. The number of carbonyl (C=O) groups is 2. The molecule has 0 aliphatic heterocycles. The van der Waals surface area contributed by atoms with Gasteiger partial charge in [0.25, 0.3) is 5.91 Å². The molecule has 0 saturated carbocycles. The Kier molecular flexibility index (Phi) is 5.08. The number of nitrogens with one attached hydrogen (secondary N) is 1. The van der Waals surface area contributed by atoms with Gasteiger partial charge < -0.3 is 10.2 Å². The molecule has 0 bridgehead atoms. The molecule has 1 N–H and O–H groups in total. The van der Waals surface area contributed by atoms with E-state index in [0.29, 0.717) is 5.16 Å². The first kappa shape index (κ1) is 14.4. The van der Waals surface area contributed by atoms with Gasteiger partial charge in [-0.1, -0.05) is 11.8 Å². The van der Waals surface area contributed by atoms with E-state index in [-0.39, 0.29) is 24.1 Å². The molecule has 0 atom stereocenters. The van der Waals surface area contributed by atoms with Gasteiger partial charge in [0.15, 0.2) is 5.16 Å². The zero-order valence-corrected chi connectivity index (χ0v) is 11.7. The average molecular weight is 268 g/mol. The maximum absolute atomic E-state index is 11.8. The lowest BCUT2D eigenvalue weighted by Gasteiger charge is -2.11. The van der Waals surface area contributed by atoms with Gasteiger partial charge >= 0.3 is 0 Å². The molecule has 98 valence electrons. The number of hydrogen-bond acceptors (Lipinski definition) is 5. The number of amides is 2. The van der Waals surface area contributed by atoms with Crippen molar-refractivity contribution in [3.8, 4) is 0 Å². The van der Waals surface area contributed by atoms with E-state index in [2.05, 4.69) is 15.3 Å². The summed E-state index contributed by atoms with van der Waals surface area (Å²) in [5.41, 5.74) is 0.997. The third-order valence-electron chi connectivity index (χ3n) is 2.15. The summed E-state index contributed by atoms with van der Waals surface area (Å²) in [6, 6.07) is 1.59. The van der Waals surface area contributed by atoms with Crippen molar-refractivity contribution < 1.29 is 9.59 Å². The highest BCUT2D eigenvalue weighted by Gasteiger charge is 2.12. The first-order valence-electron chi connectivity index (χ1n) is 5.32. The van der Waals surface area contributed by atoms with Crippen molar-refractivity contribution in [1.29, 1.82) is 0 Å². The van der Waals surface area contributed by atoms with Crippen LogP contribution in [-0.2, 0) is 4.79 Å². The maximum atomic E-state index is 11.8. The quantitative estimate of drug-likeness (QED) is 0.629. The maximum Gasteiger partial charge on any atom is 0.270 e. The number of aryl methyl sites for hydroxylation is 1. The van der Waals surface area contributed by atoms with Crippen molar-refractivity contribution in [2.75, 3.05) is 26.9 Å². The molecule has 0 aromatic carbocycles. The largest absolute Gasteiger partial charge is 0.347 e. The molecule has 1 heterocycles. The van der Waals surface area contributed by atoms with Gasteiger partial charge in [-0.25, -0.2) is 9.97 Å². The van der Waals surface area contributed by atoms with Crippen LogP contribution in [0, 0.1) is 6.92 Å². The molecule has 6 nitrogen and oxygen atoms in total. The minimum absolute atomic E-state index is 0.0382. The molecule has 0 fully saturated rings.